The molecule has 0 spiro atoms. The van der Waals surface area contributed by atoms with Crippen LogP contribution >= 0.6 is 0 Å². The van der Waals surface area contributed by atoms with Crippen LogP contribution in [0.2, 0.25) is 0 Å². The Morgan fingerprint density at radius 2 is 1.88 bits per heavy atom. The van der Waals surface area contributed by atoms with Crippen LogP contribution in [0.3, 0.4) is 0 Å². The summed E-state index contributed by atoms with van der Waals surface area (Å²) in [4.78, 5) is 2.81. The van der Waals surface area contributed by atoms with Crippen molar-refractivity contribution < 1.29 is 0 Å². The lowest BCUT2D eigenvalue weighted by atomic mass is 9.87. The Labute approximate surface area is 97.5 Å². The average Bonchev–Trinajstić information content (AvgIpc) is 2.72. The molecule has 1 aromatic rings. The van der Waals surface area contributed by atoms with E-state index in [2.05, 4.69) is 35.2 Å². The molecule has 2 aliphatic heterocycles. The molecule has 16 heavy (non-hydrogen) atoms. The first-order valence-electron chi connectivity index (χ1n) is 6.70. The fraction of sp³-hybridized carbons (Fsp3) is 0.600. The smallest absolute Gasteiger partial charge is 0.0239 e. The van der Waals surface area contributed by atoms with Crippen molar-refractivity contribution in [3.8, 4) is 0 Å². The number of piperidine rings is 1. The Hall–Kier alpha value is -0.820. The molecule has 0 radical (unpaired) electrons. The van der Waals surface area contributed by atoms with Gasteiger partial charge in [-0.3, -0.25) is 4.90 Å². The molecule has 1 aromatic carbocycles. The van der Waals surface area contributed by atoms with Crippen LogP contribution in [0.15, 0.2) is 30.3 Å². The maximum Gasteiger partial charge on any atom is 0.0239 e. The van der Waals surface area contributed by atoms with Gasteiger partial charge in [0.15, 0.2) is 0 Å². The molecule has 1 nitrogen and oxygen atoms in total. The van der Waals surface area contributed by atoms with Gasteiger partial charge in [-0.05, 0) is 43.1 Å². The van der Waals surface area contributed by atoms with Crippen LogP contribution in [0.1, 0.15) is 31.2 Å². The van der Waals surface area contributed by atoms with Crippen molar-refractivity contribution in [1.29, 1.82) is 0 Å². The van der Waals surface area contributed by atoms with E-state index in [4.69, 9.17) is 0 Å². The van der Waals surface area contributed by atoms with Crippen molar-refractivity contribution in [3.05, 3.63) is 35.9 Å². The topological polar surface area (TPSA) is 3.24 Å². The Bertz CT molecular complexity index is 382. The van der Waals surface area contributed by atoms with E-state index in [1.54, 1.807) is 0 Å². The Morgan fingerprint density at radius 3 is 2.69 bits per heavy atom. The van der Waals surface area contributed by atoms with E-state index < -0.39 is 0 Å². The summed E-state index contributed by atoms with van der Waals surface area (Å²) in [5.74, 6) is 2.13. The molecule has 5 rings (SSSR count). The zero-order valence-corrected chi connectivity index (χ0v) is 9.68. The molecule has 2 saturated carbocycles. The Morgan fingerprint density at radius 1 is 1.00 bits per heavy atom. The van der Waals surface area contributed by atoms with E-state index in [9.17, 15) is 0 Å². The van der Waals surface area contributed by atoms with E-state index in [-0.39, 0.29) is 0 Å². The largest absolute Gasteiger partial charge is 0.293 e. The van der Waals surface area contributed by atoms with E-state index in [1.807, 2.05) is 0 Å². The molecule has 0 N–H and O–H groups in total. The van der Waals surface area contributed by atoms with Crippen LogP contribution in [0.5, 0.6) is 0 Å². The first-order chi connectivity index (χ1) is 7.90. The van der Waals surface area contributed by atoms with E-state index in [0.717, 1.165) is 23.9 Å². The van der Waals surface area contributed by atoms with Gasteiger partial charge in [0.25, 0.3) is 0 Å². The lowest BCUT2D eigenvalue weighted by Gasteiger charge is -2.36. The van der Waals surface area contributed by atoms with Gasteiger partial charge >= 0.3 is 0 Å². The molecule has 84 valence electrons. The lowest BCUT2D eigenvalue weighted by molar-refractivity contribution is 0.118. The third-order valence-corrected chi connectivity index (χ3v) is 5.04. The third-order valence-electron chi connectivity index (χ3n) is 5.04. The minimum Gasteiger partial charge on any atom is -0.293 e. The van der Waals surface area contributed by atoms with E-state index in [0.29, 0.717) is 0 Å². The van der Waals surface area contributed by atoms with E-state index >= 15 is 0 Å². The summed E-state index contributed by atoms with van der Waals surface area (Å²) in [5.41, 5.74) is 1.50. The van der Waals surface area contributed by atoms with Gasteiger partial charge in [-0.15, -0.1) is 0 Å². The maximum absolute atomic E-state index is 2.81. The van der Waals surface area contributed by atoms with Crippen LogP contribution in [0.4, 0.5) is 0 Å². The molecule has 0 amide bonds. The highest BCUT2D eigenvalue weighted by molar-refractivity contribution is 5.16. The molecule has 2 aliphatic carbocycles. The predicted octanol–water partition coefficient (Wildman–Crippen LogP) is 3.06. The standard InChI is InChI=1S/C15H19N/c1-2-4-11(5-3-1)10-16-14-7-12-6-13(9-14)15(16)8-12/h1-5,12-15H,6-10H2. The second-order valence-electron chi connectivity index (χ2n) is 5.95. The highest BCUT2D eigenvalue weighted by Crippen LogP contribution is 2.53. The van der Waals surface area contributed by atoms with Crippen LogP contribution in [0.25, 0.3) is 0 Å². The van der Waals surface area contributed by atoms with Gasteiger partial charge in [0, 0.05) is 18.6 Å². The third kappa shape index (κ3) is 1.27. The summed E-state index contributed by atoms with van der Waals surface area (Å²) in [7, 11) is 0. The van der Waals surface area contributed by atoms with Gasteiger partial charge in [-0.25, -0.2) is 0 Å². The van der Waals surface area contributed by atoms with Crippen molar-refractivity contribution >= 4 is 0 Å². The molecule has 2 heterocycles. The molecule has 4 unspecified atom stereocenters. The molecule has 4 atom stereocenters. The summed E-state index contributed by atoms with van der Waals surface area (Å²) in [5, 5.41) is 0. The van der Waals surface area contributed by atoms with Crippen molar-refractivity contribution in [2.45, 2.75) is 44.3 Å². The highest BCUT2D eigenvalue weighted by atomic mass is 15.2. The van der Waals surface area contributed by atoms with Gasteiger partial charge < -0.3 is 0 Å². The molecule has 4 aliphatic rings. The van der Waals surface area contributed by atoms with Gasteiger partial charge in [-0.1, -0.05) is 30.3 Å². The second kappa shape index (κ2) is 3.33. The number of rotatable bonds is 2. The van der Waals surface area contributed by atoms with Crippen LogP contribution < -0.4 is 0 Å². The number of nitrogens with zero attached hydrogens (tertiary/aromatic N) is 1. The lowest BCUT2D eigenvalue weighted by Crippen LogP contribution is -2.40. The molecule has 4 fully saturated rings. The van der Waals surface area contributed by atoms with Crippen LogP contribution in [-0.2, 0) is 6.54 Å². The molecule has 0 aromatic heterocycles. The van der Waals surface area contributed by atoms with Crippen molar-refractivity contribution in [2.24, 2.45) is 11.8 Å². The van der Waals surface area contributed by atoms with Crippen LogP contribution in [-0.4, -0.2) is 17.0 Å². The summed E-state index contributed by atoms with van der Waals surface area (Å²) in [6.07, 6.45) is 6.01. The first-order valence-corrected chi connectivity index (χ1v) is 6.70. The maximum atomic E-state index is 2.81. The number of benzene rings is 1. The van der Waals surface area contributed by atoms with Gasteiger partial charge in [0.05, 0.1) is 0 Å². The minimum absolute atomic E-state index is 0.919. The zero-order chi connectivity index (χ0) is 10.5. The monoisotopic (exact) mass is 213 g/mol. The summed E-state index contributed by atoms with van der Waals surface area (Å²) in [6, 6.07) is 12.9. The van der Waals surface area contributed by atoms with Crippen molar-refractivity contribution in [2.75, 3.05) is 0 Å². The first kappa shape index (κ1) is 9.23. The average molecular weight is 213 g/mol. The fourth-order valence-electron chi connectivity index (χ4n) is 4.48. The van der Waals surface area contributed by atoms with Crippen LogP contribution in [0, 0.1) is 11.8 Å². The van der Waals surface area contributed by atoms with Gasteiger partial charge in [-0.2, -0.15) is 0 Å². The minimum atomic E-state index is 0.919. The molecular weight excluding hydrogens is 194 g/mol. The Balaban J connectivity index is 1.57. The summed E-state index contributed by atoms with van der Waals surface area (Å²) < 4.78 is 0. The number of hydrogen-bond donors (Lipinski definition) is 0. The second-order valence-corrected chi connectivity index (χ2v) is 5.95. The fourth-order valence-corrected chi connectivity index (χ4v) is 4.48. The molecule has 4 bridgehead atoms. The highest BCUT2D eigenvalue weighted by Gasteiger charge is 2.52. The van der Waals surface area contributed by atoms with Crippen molar-refractivity contribution in [1.82, 2.24) is 4.90 Å². The quantitative estimate of drug-likeness (QED) is 0.730. The molecular formula is C15H19N. The van der Waals surface area contributed by atoms with Gasteiger partial charge in [0.2, 0.25) is 0 Å². The predicted molar refractivity (Wildman–Crippen MR) is 65.0 cm³/mol. The molecule has 1 heteroatoms. The van der Waals surface area contributed by atoms with Gasteiger partial charge in [0.1, 0.15) is 0 Å². The zero-order valence-electron chi connectivity index (χ0n) is 9.68. The van der Waals surface area contributed by atoms with Crippen molar-refractivity contribution in [3.63, 3.8) is 0 Å². The number of hydrogen-bond acceptors (Lipinski definition) is 1. The summed E-state index contributed by atoms with van der Waals surface area (Å²) >= 11 is 0. The molecule has 2 saturated heterocycles. The SMILES string of the molecule is c1ccc(CN2C3CC4CC(C3)C2C4)cc1. The van der Waals surface area contributed by atoms with E-state index in [1.165, 1.54) is 37.8 Å². The Kier molecular flexibility index (Phi) is 1.92. The summed E-state index contributed by atoms with van der Waals surface area (Å²) in [6.45, 7) is 1.19. The normalized spacial score (nSPS) is 40.8.